The third-order valence-corrected chi connectivity index (χ3v) is 8.23. The number of hydrogen-bond acceptors (Lipinski definition) is 13. The molecule has 15 heteroatoms. The molecule has 1 saturated heterocycles. The summed E-state index contributed by atoms with van der Waals surface area (Å²) in [5.41, 5.74) is 6.83. The average molecular weight is 554 g/mol. The number of thioether (sulfide) groups is 1. The number of aliphatic hydroxyl groups is 2. The van der Waals surface area contributed by atoms with Crippen LogP contribution in [0.2, 0.25) is 5.02 Å². The molecular weight excluding hydrogens is 534 g/mol. The zero-order valence-electron chi connectivity index (χ0n) is 18.1. The van der Waals surface area contributed by atoms with E-state index >= 15 is 0 Å². The third-order valence-electron chi connectivity index (χ3n) is 5.39. The lowest BCUT2D eigenvalue weighted by atomic mass is 9.97. The first-order valence-electron chi connectivity index (χ1n) is 10.3. The minimum absolute atomic E-state index is 0.400. The molecule has 5 rings (SSSR count). The first-order valence-corrected chi connectivity index (χ1v) is 13.3. The normalized spacial score (nSPS) is 24.6. The molecule has 0 bridgehead atoms. The number of aliphatic hydroxyl groups excluding tert-OH is 2. The second-order valence-electron chi connectivity index (χ2n) is 7.52. The molecule has 0 radical (unpaired) electrons. The van der Waals surface area contributed by atoms with E-state index < -0.39 is 36.4 Å². The maximum atomic E-state index is 11.1. The molecule has 1 aliphatic rings. The summed E-state index contributed by atoms with van der Waals surface area (Å²) in [6, 6.07) is 1.07. The molecule has 5 heterocycles. The maximum absolute atomic E-state index is 11.1. The summed E-state index contributed by atoms with van der Waals surface area (Å²) >= 11 is 10.3. The van der Waals surface area contributed by atoms with Crippen molar-refractivity contribution in [3.8, 4) is 22.1 Å². The number of nitrogens with two attached hydrogens (primary N) is 1. The third kappa shape index (κ3) is 4.93. The van der Waals surface area contributed by atoms with E-state index in [1.165, 1.54) is 46.2 Å². The maximum Gasteiger partial charge on any atom is 0.180 e. The Morgan fingerprint density at radius 1 is 1.31 bits per heavy atom. The SMILES string of the molecule is COC1C(Sc2cc(Cl)cnc2-c2nccs2)OC(CO)C(O)C1n1cc(-c2csc(N)n2)nn1. The monoisotopic (exact) mass is 553 g/mol. The molecule has 1 aliphatic heterocycles. The molecular formula is C20H20ClN7O4S3. The van der Waals surface area contributed by atoms with Crippen LogP contribution in [0.4, 0.5) is 5.13 Å². The molecule has 0 amide bonds. The Bertz CT molecular complexity index is 1290. The van der Waals surface area contributed by atoms with E-state index in [2.05, 4.69) is 25.3 Å². The zero-order valence-corrected chi connectivity index (χ0v) is 21.3. The van der Waals surface area contributed by atoms with Crippen LogP contribution in [0, 0.1) is 0 Å². The van der Waals surface area contributed by atoms with Crippen molar-refractivity contribution in [1.82, 2.24) is 29.9 Å². The van der Waals surface area contributed by atoms with Gasteiger partial charge in [-0.15, -0.1) is 27.8 Å². The highest BCUT2D eigenvalue weighted by Gasteiger charge is 2.47. The van der Waals surface area contributed by atoms with Crippen LogP contribution in [0.25, 0.3) is 22.1 Å². The molecule has 4 N–H and O–H groups in total. The lowest BCUT2D eigenvalue weighted by Crippen LogP contribution is -2.55. The number of rotatable bonds is 7. The van der Waals surface area contributed by atoms with E-state index in [0.29, 0.717) is 27.2 Å². The summed E-state index contributed by atoms with van der Waals surface area (Å²) in [7, 11) is 1.53. The number of halogens is 1. The number of ether oxygens (including phenoxy) is 2. The fraction of sp³-hybridized carbons (Fsp3) is 0.350. The van der Waals surface area contributed by atoms with Crippen molar-refractivity contribution >= 4 is 51.2 Å². The minimum atomic E-state index is -1.12. The van der Waals surface area contributed by atoms with Crippen molar-refractivity contribution in [2.45, 2.75) is 34.7 Å². The topological polar surface area (TPSA) is 154 Å². The van der Waals surface area contributed by atoms with Gasteiger partial charge in [0.05, 0.1) is 17.8 Å². The van der Waals surface area contributed by atoms with E-state index in [1.807, 2.05) is 5.38 Å². The van der Waals surface area contributed by atoms with E-state index in [4.69, 9.17) is 26.8 Å². The molecule has 35 heavy (non-hydrogen) atoms. The fourth-order valence-electron chi connectivity index (χ4n) is 3.79. The predicted octanol–water partition coefficient (Wildman–Crippen LogP) is 2.58. The van der Waals surface area contributed by atoms with Crippen LogP contribution in [0.1, 0.15) is 6.04 Å². The smallest absolute Gasteiger partial charge is 0.180 e. The zero-order chi connectivity index (χ0) is 24.5. The molecule has 0 spiro atoms. The molecule has 0 aromatic carbocycles. The van der Waals surface area contributed by atoms with Gasteiger partial charge in [-0.2, -0.15) is 0 Å². The fourth-order valence-corrected chi connectivity index (χ4v) is 6.59. The quantitative estimate of drug-likeness (QED) is 0.309. The second kappa shape index (κ2) is 10.4. The second-order valence-corrected chi connectivity index (χ2v) is 10.9. The van der Waals surface area contributed by atoms with Crippen molar-refractivity contribution in [3.05, 3.63) is 40.4 Å². The molecule has 0 saturated carbocycles. The first kappa shape index (κ1) is 24.5. The van der Waals surface area contributed by atoms with E-state index in [0.717, 1.165) is 9.90 Å². The molecule has 4 aromatic rings. The van der Waals surface area contributed by atoms with Crippen LogP contribution in [0.15, 0.2) is 40.3 Å². The number of aromatic nitrogens is 6. The number of hydrogen-bond donors (Lipinski definition) is 3. The van der Waals surface area contributed by atoms with E-state index in [9.17, 15) is 10.2 Å². The Morgan fingerprint density at radius 2 is 2.17 bits per heavy atom. The van der Waals surface area contributed by atoms with E-state index in [-0.39, 0.29) is 0 Å². The lowest BCUT2D eigenvalue weighted by molar-refractivity contribution is -0.186. The van der Waals surface area contributed by atoms with Crippen molar-refractivity contribution < 1.29 is 19.7 Å². The van der Waals surface area contributed by atoms with Gasteiger partial charge in [0.25, 0.3) is 0 Å². The molecule has 1 fully saturated rings. The minimum Gasteiger partial charge on any atom is -0.394 e. The standard InChI is InChI=1S/C20H20ClN7O4S3/c1-31-17-15(28-6-10(26-27-28)11-8-34-20(22)25-11)16(30)12(7-29)32-19(17)35-13-4-9(21)5-24-14(13)18-23-2-3-33-18/h2-6,8,12,15-17,19,29-30H,7H2,1H3,(H2,22,25). The molecule has 11 nitrogen and oxygen atoms in total. The predicted molar refractivity (Wildman–Crippen MR) is 133 cm³/mol. The Labute approximate surface area is 216 Å². The van der Waals surface area contributed by atoms with Gasteiger partial charge in [-0.05, 0) is 6.07 Å². The van der Waals surface area contributed by atoms with Gasteiger partial charge in [-0.1, -0.05) is 28.6 Å². The highest BCUT2D eigenvalue weighted by atomic mass is 35.5. The number of methoxy groups -OCH3 is 1. The van der Waals surface area contributed by atoms with Gasteiger partial charge in [0.1, 0.15) is 51.9 Å². The van der Waals surface area contributed by atoms with Gasteiger partial charge in [-0.25, -0.2) is 14.6 Å². The molecule has 4 aromatic heterocycles. The Kier molecular flexibility index (Phi) is 7.31. The highest BCUT2D eigenvalue weighted by molar-refractivity contribution is 8.00. The van der Waals surface area contributed by atoms with Crippen LogP contribution < -0.4 is 5.73 Å². The van der Waals surface area contributed by atoms with Gasteiger partial charge in [-0.3, -0.25) is 4.98 Å². The van der Waals surface area contributed by atoms with Crippen LogP contribution >= 0.6 is 46.0 Å². The van der Waals surface area contributed by atoms with Gasteiger partial charge in [0.2, 0.25) is 0 Å². The molecule has 0 aliphatic carbocycles. The van der Waals surface area contributed by atoms with Crippen LogP contribution in [-0.2, 0) is 9.47 Å². The summed E-state index contributed by atoms with van der Waals surface area (Å²) in [6.07, 6.45) is 2.25. The van der Waals surface area contributed by atoms with Gasteiger partial charge >= 0.3 is 0 Å². The number of nitrogens with zero attached hydrogens (tertiary/aromatic N) is 6. The van der Waals surface area contributed by atoms with E-state index in [1.54, 1.807) is 30.0 Å². The van der Waals surface area contributed by atoms with Crippen molar-refractivity contribution in [2.24, 2.45) is 0 Å². The number of nitrogen functional groups attached to an aromatic ring is 1. The number of thiazole rings is 2. The summed E-state index contributed by atoms with van der Waals surface area (Å²) in [4.78, 5) is 13.8. The summed E-state index contributed by atoms with van der Waals surface area (Å²) in [6.45, 7) is -0.400. The van der Waals surface area contributed by atoms with Crippen molar-refractivity contribution in [2.75, 3.05) is 19.5 Å². The lowest BCUT2D eigenvalue weighted by Gasteiger charge is -2.43. The molecule has 5 unspecified atom stereocenters. The average Bonchev–Trinajstić information content (AvgIpc) is 3.62. The highest BCUT2D eigenvalue weighted by Crippen LogP contribution is 2.42. The van der Waals surface area contributed by atoms with Crippen molar-refractivity contribution in [1.29, 1.82) is 0 Å². The molecule has 5 atom stereocenters. The van der Waals surface area contributed by atoms with Gasteiger partial charge in [0, 0.05) is 35.2 Å². The number of anilines is 1. The van der Waals surface area contributed by atoms with Gasteiger partial charge < -0.3 is 25.4 Å². The van der Waals surface area contributed by atoms with Crippen LogP contribution in [0.3, 0.4) is 0 Å². The Balaban J connectivity index is 1.49. The Morgan fingerprint density at radius 3 is 2.86 bits per heavy atom. The summed E-state index contributed by atoms with van der Waals surface area (Å²) in [5.74, 6) is 0. The summed E-state index contributed by atoms with van der Waals surface area (Å²) < 4.78 is 13.4. The van der Waals surface area contributed by atoms with Gasteiger partial charge in [0.15, 0.2) is 5.13 Å². The largest absolute Gasteiger partial charge is 0.394 e. The first-order chi connectivity index (χ1) is 17.0. The Hall–Kier alpha value is -2.17. The van der Waals surface area contributed by atoms with Crippen LogP contribution in [0.5, 0.6) is 0 Å². The van der Waals surface area contributed by atoms with Crippen molar-refractivity contribution in [3.63, 3.8) is 0 Å². The van der Waals surface area contributed by atoms with Crippen LogP contribution in [-0.4, -0.2) is 77.6 Å². The summed E-state index contributed by atoms with van der Waals surface area (Å²) in [5, 5.41) is 34.7. The molecule has 184 valence electrons. The number of pyridine rings is 1.